The van der Waals surface area contributed by atoms with E-state index in [4.69, 9.17) is 37.0 Å². The average molecular weight is 1450 g/mol. The first-order chi connectivity index (χ1) is 48.0. The van der Waals surface area contributed by atoms with Crippen LogP contribution in [-0.4, -0.2) is 96.7 Å². The molecule has 0 heterocycles. The molecule has 0 aromatic rings. The van der Waals surface area contributed by atoms with Crippen molar-refractivity contribution in [1.82, 2.24) is 0 Å². The number of phosphoric acid groups is 2. The minimum absolute atomic E-state index is 0.108. The van der Waals surface area contributed by atoms with E-state index in [-0.39, 0.29) is 25.7 Å². The maximum Gasteiger partial charge on any atom is 0.472 e. The van der Waals surface area contributed by atoms with Crippen LogP contribution in [0.3, 0.4) is 0 Å². The van der Waals surface area contributed by atoms with Crippen molar-refractivity contribution in [3.63, 3.8) is 0 Å². The molecular formula is C80H156O17P2. The Bertz CT molecular complexity index is 1890. The van der Waals surface area contributed by atoms with Crippen LogP contribution in [0.15, 0.2) is 0 Å². The molecule has 0 aromatic heterocycles. The van der Waals surface area contributed by atoms with E-state index in [9.17, 15) is 43.2 Å². The van der Waals surface area contributed by atoms with Crippen molar-refractivity contribution in [1.29, 1.82) is 0 Å². The van der Waals surface area contributed by atoms with Crippen LogP contribution in [0, 0.1) is 5.92 Å². The molecule has 2 unspecified atom stereocenters. The number of aliphatic hydroxyl groups excluding tert-OH is 1. The highest BCUT2D eigenvalue weighted by Crippen LogP contribution is 2.45. The third kappa shape index (κ3) is 74.1. The first-order valence-corrected chi connectivity index (χ1v) is 44.6. The van der Waals surface area contributed by atoms with Gasteiger partial charge in [-0.05, 0) is 31.6 Å². The Hall–Kier alpha value is -1.94. The lowest BCUT2D eigenvalue weighted by Crippen LogP contribution is -2.30. The Kier molecular flexibility index (Phi) is 71.6. The molecule has 0 aliphatic heterocycles. The summed E-state index contributed by atoms with van der Waals surface area (Å²) < 4.78 is 68.7. The molecule has 0 saturated carbocycles. The maximum absolute atomic E-state index is 13.1. The van der Waals surface area contributed by atoms with E-state index in [1.54, 1.807) is 0 Å². The third-order valence-electron chi connectivity index (χ3n) is 18.8. The monoisotopic (exact) mass is 1450 g/mol. The Balaban J connectivity index is 5.26. The molecule has 588 valence electrons. The SMILES string of the molecule is CCCCCCCCCCCCCCCCCCC(=O)OC[C@H](COP(=O)(O)OC[C@@H](O)COP(=O)(O)OC[C@@H](COC(=O)CCCCCCCCCCCC(C)C)OC(=O)CCCCCCCCCCCCCCCCC)OC(=O)CCCCCCCCCCCCCCCCCC. The Labute approximate surface area is 607 Å². The molecule has 3 N–H and O–H groups in total. The van der Waals surface area contributed by atoms with Crippen molar-refractivity contribution >= 4 is 39.5 Å². The fourth-order valence-corrected chi connectivity index (χ4v) is 14.0. The minimum atomic E-state index is -4.96. The fraction of sp³-hybridized carbons (Fsp3) is 0.950. The van der Waals surface area contributed by atoms with Crippen LogP contribution in [0.2, 0.25) is 0 Å². The number of ether oxygens (including phenoxy) is 4. The number of hydrogen-bond acceptors (Lipinski definition) is 15. The molecule has 99 heavy (non-hydrogen) atoms. The van der Waals surface area contributed by atoms with Gasteiger partial charge in [0, 0.05) is 25.7 Å². The highest BCUT2D eigenvalue weighted by Gasteiger charge is 2.30. The smallest absolute Gasteiger partial charge is 0.462 e. The minimum Gasteiger partial charge on any atom is -0.462 e. The molecule has 19 heteroatoms. The number of carbonyl (C=O) groups is 4. The van der Waals surface area contributed by atoms with Crippen LogP contribution in [0.25, 0.3) is 0 Å². The number of unbranched alkanes of at least 4 members (excludes halogenated alkanes) is 52. The van der Waals surface area contributed by atoms with Gasteiger partial charge in [0.05, 0.1) is 26.4 Å². The van der Waals surface area contributed by atoms with Gasteiger partial charge in [0.15, 0.2) is 12.2 Å². The largest absolute Gasteiger partial charge is 0.472 e. The van der Waals surface area contributed by atoms with Gasteiger partial charge >= 0.3 is 39.5 Å². The van der Waals surface area contributed by atoms with Crippen LogP contribution in [0.1, 0.15) is 426 Å². The summed E-state index contributed by atoms with van der Waals surface area (Å²) in [5, 5.41) is 10.6. The standard InChI is InChI=1S/C80H156O17P2/c1-6-9-12-15-18-21-24-27-30-33-35-38-43-48-53-58-63-77(82)90-69-75(96-80(85)66-61-56-51-45-40-37-34-31-28-25-22-19-16-13-10-7-2)71-94-98(86,87)92-67-74(81)68-93-99(88,89)95-72-76(70-91-78(83)64-59-54-49-46-41-42-47-52-57-62-73(4)5)97-79(84)65-60-55-50-44-39-36-32-29-26-23-20-17-14-11-8-3/h73-76,81H,6-72H2,1-5H3,(H,86,87)(H,88,89)/t74-,75-,76-/m1/s1. The van der Waals surface area contributed by atoms with Crippen molar-refractivity contribution in [2.24, 2.45) is 5.92 Å². The third-order valence-corrected chi connectivity index (χ3v) is 20.7. The summed E-state index contributed by atoms with van der Waals surface area (Å²) in [6.45, 7) is 7.32. The van der Waals surface area contributed by atoms with Gasteiger partial charge in [-0.25, -0.2) is 9.13 Å². The van der Waals surface area contributed by atoms with Crippen molar-refractivity contribution in [3.8, 4) is 0 Å². The fourth-order valence-electron chi connectivity index (χ4n) is 12.4. The summed E-state index contributed by atoms with van der Waals surface area (Å²) in [7, 11) is -9.92. The van der Waals surface area contributed by atoms with Crippen LogP contribution in [0.5, 0.6) is 0 Å². The van der Waals surface area contributed by atoms with Gasteiger partial charge in [-0.3, -0.25) is 37.3 Å². The molecule has 0 aliphatic rings. The molecule has 0 rings (SSSR count). The van der Waals surface area contributed by atoms with Gasteiger partial charge in [-0.15, -0.1) is 0 Å². The van der Waals surface area contributed by atoms with Gasteiger partial charge in [-0.2, -0.15) is 0 Å². The van der Waals surface area contributed by atoms with E-state index in [1.807, 2.05) is 0 Å². The van der Waals surface area contributed by atoms with E-state index in [2.05, 4.69) is 34.6 Å². The zero-order valence-electron chi connectivity index (χ0n) is 64.6. The Morgan fingerprint density at radius 2 is 0.465 bits per heavy atom. The second kappa shape index (κ2) is 73.0. The number of esters is 4. The molecular weight excluding hydrogens is 1290 g/mol. The second-order valence-electron chi connectivity index (χ2n) is 29.3. The molecule has 0 spiro atoms. The van der Waals surface area contributed by atoms with E-state index in [1.165, 1.54) is 250 Å². The topological polar surface area (TPSA) is 237 Å². The highest BCUT2D eigenvalue weighted by molar-refractivity contribution is 7.47. The lowest BCUT2D eigenvalue weighted by atomic mass is 10.0. The molecule has 0 aromatic carbocycles. The van der Waals surface area contributed by atoms with Crippen LogP contribution >= 0.6 is 15.6 Å². The van der Waals surface area contributed by atoms with Gasteiger partial charge in [-0.1, -0.05) is 375 Å². The predicted molar refractivity (Wildman–Crippen MR) is 405 cm³/mol. The number of hydrogen-bond donors (Lipinski definition) is 3. The lowest BCUT2D eigenvalue weighted by Gasteiger charge is -2.21. The maximum atomic E-state index is 13.1. The summed E-state index contributed by atoms with van der Waals surface area (Å²) in [5.41, 5.74) is 0. The zero-order valence-corrected chi connectivity index (χ0v) is 66.4. The summed E-state index contributed by atoms with van der Waals surface area (Å²) in [4.78, 5) is 73.0. The molecule has 0 bridgehead atoms. The molecule has 0 radical (unpaired) electrons. The normalized spacial score (nSPS) is 13.9. The van der Waals surface area contributed by atoms with E-state index >= 15 is 0 Å². The van der Waals surface area contributed by atoms with Crippen LogP contribution in [-0.2, 0) is 65.4 Å². The Morgan fingerprint density at radius 1 is 0.273 bits per heavy atom. The summed E-state index contributed by atoms with van der Waals surface area (Å²) in [5.74, 6) is -1.36. The molecule has 0 aliphatic carbocycles. The number of rotatable bonds is 80. The van der Waals surface area contributed by atoms with Crippen LogP contribution < -0.4 is 0 Å². The Morgan fingerprint density at radius 3 is 0.687 bits per heavy atom. The first-order valence-electron chi connectivity index (χ1n) is 41.6. The van der Waals surface area contributed by atoms with Gasteiger partial charge in [0.25, 0.3) is 0 Å². The van der Waals surface area contributed by atoms with Gasteiger partial charge in [0.1, 0.15) is 19.3 Å². The highest BCUT2D eigenvalue weighted by atomic mass is 31.2. The molecule has 5 atom stereocenters. The van der Waals surface area contributed by atoms with Gasteiger partial charge < -0.3 is 33.8 Å². The molecule has 0 amide bonds. The van der Waals surface area contributed by atoms with E-state index in [0.29, 0.717) is 25.7 Å². The lowest BCUT2D eigenvalue weighted by molar-refractivity contribution is -0.161. The number of aliphatic hydroxyl groups is 1. The van der Waals surface area contributed by atoms with Crippen molar-refractivity contribution in [3.05, 3.63) is 0 Å². The molecule has 0 saturated heterocycles. The first kappa shape index (κ1) is 97.1. The molecule has 17 nitrogen and oxygen atoms in total. The number of phosphoric ester groups is 2. The van der Waals surface area contributed by atoms with E-state index in [0.717, 1.165) is 95.8 Å². The van der Waals surface area contributed by atoms with Crippen LogP contribution in [0.4, 0.5) is 0 Å². The molecule has 0 fully saturated rings. The van der Waals surface area contributed by atoms with Crippen molar-refractivity contribution < 1.29 is 80.2 Å². The summed E-state index contributed by atoms with van der Waals surface area (Å²) in [6.07, 6.45) is 63.7. The number of carbonyl (C=O) groups excluding carboxylic acids is 4. The van der Waals surface area contributed by atoms with Crippen molar-refractivity contribution in [2.75, 3.05) is 39.6 Å². The zero-order chi connectivity index (χ0) is 72.7. The van der Waals surface area contributed by atoms with E-state index < -0.39 is 97.5 Å². The predicted octanol–water partition coefficient (Wildman–Crippen LogP) is 24.0. The summed E-state index contributed by atoms with van der Waals surface area (Å²) >= 11 is 0. The summed E-state index contributed by atoms with van der Waals surface area (Å²) in [6, 6.07) is 0. The van der Waals surface area contributed by atoms with Gasteiger partial charge in [0.2, 0.25) is 0 Å². The quantitative estimate of drug-likeness (QED) is 0.0222. The van der Waals surface area contributed by atoms with Crippen molar-refractivity contribution in [2.45, 2.75) is 445 Å². The average Bonchev–Trinajstić information content (AvgIpc) is 1.13. The second-order valence-corrected chi connectivity index (χ2v) is 32.2.